The van der Waals surface area contributed by atoms with Gasteiger partial charge in [0.05, 0.1) is 10.6 Å². The molecule has 0 aliphatic carbocycles. The Hall–Kier alpha value is -2.15. The number of aryl methyl sites for hydroxylation is 1. The number of nitrogens with one attached hydrogen (secondary N) is 1. The van der Waals surface area contributed by atoms with Gasteiger partial charge in [0.1, 0.15) is 11.6 Å². The molecule has 0 aromatic heterocycles. The molecule has 0 unspecified atom stereocenters. The third-order valence-electron chi connectivity index (χ3n) is 2.56. The van der Waals surface area contributed by atoms with E-state index in [9.17, 15) is 17.2 Å². The Kier molecular flexibility index (Phi) is 3.63. The van der Waals surface area contributed by atoms with E-state index < -0.39 is 21.7 Å². The van der Waals surface area contributed by atoms with Crippen LogP contribution in [0.1, 0.15) is 5.56 Å². The third-order valence-corrected chi connectivity index (χ3v) is 3.90. The summed E-state index contributed by atoms with van der Waals surface area (Å²) in [5.41, 5.74) is 6.20. The number of benzene rings is 2. The van der Waals surface area contributed by atoms with Crippen molar-refractivity contribution in [3.05, 3.63) is 53.6 Å². The first-order valence-corrected chi connectivity index (χ1v) is 7.11. The molecule has 0 atom stereocenters. The van der Waals surface area contributed by atoms with E-state index in [-0.39, 0.29) is 16.3 Å². The van der Waals surface area contributed by atoms with Gasteiger partial charge < -0.3 is 5.73 Å². The molecule has 0 saturated heterocycles. The molecule has 0 bridgehead atoms. The van der Waals surface area contributed by atoms with Crippen LogP contribution in [0.5, 0.6) is 0 Å². The highest BCUT2D eigenvalue weighted by atomic mass is 32.2. The van der Waals surface area contributed by atoms with Gasteiger partial charge in [0.15, 0.2) is 0 Å². The first-order valence-electron chi connectivity index (χ1n) is 5.63. The molecule has 2 rings (SSSR count). The minimum Gasteiger partial charge on any atom is -0.399 e. The van der Waals surface area contributed by atoms with Crippen molar-refractivity contribution in [3.8, 4) is 0 Å². The average Bonchev–Trinajstić information content (AvgIpc) is 2.31. The third kappa shape index (κ3) is 3.05. The Morgan fingerprint density at radius 3 is 2.40 bits per heavy atom. The van der Waals surface area contributed by atoms with E-state index in [1.54, 1.807) is 13.0 Å². The smallest absolute Gasteiger partial charge is 0.262 e. The molecule has 7 heteroatoms. The van der Waals surface area contributed by atoms with Crippen LogP contribution in [0, 0.1) is 18.6 Å². The molecule has 106 valence electrons. The standard InChI is InChI=1S/C13H12F2N2O2S/c1-8-4-10(16)7-11(5-8)20(18,19)17-13-3-2-9(14)6-12(13)15/h2-7,17H,16H2,1H3. The van der Waals surface area contributed by atoms with Crippen LogP contribution < -0.4 is 10.5 Å². The monoisotopic (exact) mass is 298 g/mol. The summed E-state index contributed by atoms with van der Waals surface area (Å²) in [7, 11) is -3.99. The predicted molar refractivity (Wildman–Crippen MR) is 72.8 cm³/mol. The summed E-state index contributed by atoms with van der Waals surface area (Å²) < 4.78 is 52.5. The first-order chi connectivity index (χ1) is 9.28. The van der Waals surface area contributed by atoms with Gasteiger partial charge >= 0.3 is 0 Å². The lowest BCUT2D eigenvalue weighted by molar-refractivity contribution is 0.583. The topological polar surface area (TPSA) is 72.2 Å². The highest BCUT2D eigenvalue weighted by molar-refractivity contribution is 7.92. The Morgan fingerprint density at radius 2 is 1.80 bits per heavy atom. The predicted octanol–water partition coefficient (Wildman–Crippen LogP) is 2.66. The molecule has 2 aromatic carbocycles. The summed E-state index contributed by atoms with van der Waals surface area (Å²) >= 11 is 0. The van der Waals surface area contributed by atoms with E-state index >= 15 is 0 Å². The van der Waals surface area contributed by atoms with Gasteiger partial charge in [0.25, 0.3) is 10.0 Å². The number of nitrogens with two attached hydrogens (primary N) is 1. The molecule has 0 heterocycles. The molecule has 0 saturated carbocycles. The van der Waals surface area contributed by atoms with Crippen molar-refractivity contribution in [2.75, 3.05) is 10.5 Å². The Balaban J connectivity index is 2.40. The second-order valence-corrected chi connectivity index (χ2v) is 5.99. The second kappa shape index (κ2) is 5.09. The summed E-state index contributed by atoms with van der Waals surface area (Å²) in [5, 5.41) is 0. The second-order valence-electron chi connectivity index (χ2n) is 4.31. The van der Waals surface area contributed by atoms with Crippen LogP contribution in [-0.2, 0) is 10.0 Å². The molecule has 2 aromatic rings. The van der Waals surface area contributed by atoms with Crippen molar-refractivity contribution in [1.29, 1.82) is 0 Å². The average molecular weight is 298 g/mol. The minimum absolute atomic E-state index is 0.0845. The van der Waals surface area contributed by atoms with Crippen molar-refractivity contribution in [3.63, 3.8) is 0 Å². The Morgan fingerprint density at radius 1 is 1.10 bits per heavy atom. The highest BCUT2D eigenvalue weighted by Crippen LogP contribution is 2.22. The molecule has 0 radical (unpaired) electrons. The molecule has 20 heavy (non-hydrogen) atoms. The largest absolute Gasteiger partial charge is 0.399 e. The van der Waals surface area contributed by atoms with E-state index in [2.05, 4.69) is 4.72 Å². The van der Waals surface area contributed by atoms with E-state index in [4.69, 9.17) is 5.73 Å². The maximum Gasteiger partial charge on any atom is 0.262 e. The fourth-order valence-corrected chi connectivity index (χ4v) is 2.91. The van der Waals surface area contributed by atoms with Crippen LogP contribution in [-0.4, -0.2) is 8.42 Å². The van der Waals surface area contributed by atoms with Gasteiger partial charge in [-0.2, -0.15) is 0 Å². The molecule has 3 N–H and O–H groups in total. The SMILES string of the molecule is Cc1cc(N)cc(S(=O)(=O)Nc2ccc(F)cc2F)c1. The molecule has 0 spiro atoms. The number of hydrogen-bond donors (Lipinski definition) is 2. The molecule has 4 nitrogen and oxygen atoms in total. The molecule has 0 fully saturated rings. The van der Waals surface area contributed by atoms with Gasteiger partial charge in [-0.05, 0) is 42.8 Å². The lowest BCUT2D eigenvalue weighted by Crippen LogP contribution is -2.14. The van der Waals surface area contributed by atoms with Crippen molar-refractivity contribution in [2.24, 2.45) is 0 Å². The molecular formula is C13H12F2N2O2S. The van der Waals surface area contributed by atoms with Gasteiger partial charge in [-0.15, -0.1) is 0 Å². The van der Waals surface area contributed by atoms with Crippen molar-refractivity contribution < 1.29 is 17.2 Å². The fraction of sp³-hybridized carbons (Fsp3) is 0.0769. The number of nitrogen functional groups attached to an aromatic ring is 1. The lowest BCUT2D eigenvalue weighted by Gasteiger charge is -2.10. The number of halogens is 2. The lowest BCUT2D eigenvalue weighted by atomic mass is 10.2. The summed E-state index contributed by atoms with van der Waals surface area (Å²) in [4.78, 5) is -0.0845. The first kappa shape index (κ1) is 14.3. The number of sulfonamides is 1. The summed E-state index contributed by atoms with van der Waals surface area (Å²) in [5.74, 6) is -1.78. The zero-order valence-corrected chi connectivity index (χ0v) is 11.3. The number of anilines is 2. The number of hydrogen-bond acceptors (Lipinski definition) is 3. The van der Waals surface area contributed by atoms with Gasteiger partial charge in [0.2, 0.25) is 0 Å². The van der Waals surface area contributed by atoms with Crippen molar-refractivity contribution in [2.45, 2.75) is 11.8 Å². The van der Waals surface area contributed by atoms with Gasteiger partial charge in [-0.1, -0.05) is 0 Å². The zero-order valence-electron chi connectivity index (χ0n) is 10.5. The normalized spacial score (nSPS) is 11.3. The molecule has 0 amide bonds. The summed E-state index contributed by atoms with van der Waals surface area (Å²) in [6.45, 7) is 1.69. The van der Waals surface area contributed by atoms with Crippen LogP contribution in [0.3, 0.4) is 0 Å². The van der Waals surface area contributed by atoms with Crippen LogP contribution in [0.25, 0.3) is 0 Å². The maximum atomic E-state index is 13.5. The quantitative estimate of drug-likeness (QED) is 0.856. The van der Waals surface area contributed by atoms with Crippen molar-refractivity contribution >= 4 is 21.4 Å². The molecule has 0 aliphatic heterocycles. The van der Waals surface area contributed by atoms with Gasteiger partial charge in [0, 0.05) is 11.8 Å². The molecular weight excluding hydrogens is 286 g/mol. The van der Waals surface area contributed by atoms with Crippen LogP contribution >= 0.6 is 0 Å². The van der Waals surface area contributed by atoms with Gasteiger partial charge in [-0.3, -0.25) is 4.72 Å². The fourth-order valence-electron chi connectivity index (χ4n) is 1.71. The summed E-state index contributed by atoms with van der Waals surface area (Å²) in [6.07, 6.45) is 0. The van der Waals surface area contributed by atoms with E-state index in [1.165, 1.54) is 12.1 Å². The van der Waals surface area contributed by atoms with E-state index in [0.29, 0.717) is 11.6 Å². The minimum atomic E-state index is -3.99. The highest BCUT2D eigenvalue weighted by Gasteiger charge is 2.17. The number of rotatable bonds is 3. The summed E-state index contributed by atoms with van der Waals surface area (Å²) in [6, 6.07) is 6.85. The van der Waals surface area contributed by atoms with E-state index in [0.717, 1.165) is 12.1 Å². The van der Waals surface area contributed by atoms with Crippen LogP contribution in [0.15, 0.2) is 41.3 Å². The van der Waals surface area contributed by atoms with Crippen LogP contribution in [0.2, 0.25) is 0 Å². The molecule has 0 aliphatic rings. The zero-order chi connectivity index (χ0) is 14.9. The van der Waals surface area contributed by atoms with Gasteiger partial charge in [-0.25, -0.2) is 17.2 Å². The maximum absolute atomic E-state index is 13.5. The Labute approximate surface area is 115 Å². The van der Waals surface area contributed by atoms with Crippen molar-refractivity contribution in [1.82, 2.24) is 0 Å². The van der Waals surface area contributed by atoms with E-state index in [1.807, 2.05) is 0 Å². The van der Waals surface area contributed by atoms with Crippen LogP contribution in [0.4, 0.5) is 20.2 Å². The Bertz CT molecular complexity index is 741.